The number of anilines is 1. The Kier molecular flexibility index (Phi) is 5.73. The van der Waals surface area contributed by atoms with Crippen LogP contribution in [0.25, 0.3) is 0 Å². The number of hydrogen-bond acceptors (Lipinski definition) is 3. The third-order valence-corrected chi connectivity index (χ3v) is 6.27. The van der Waals surface area contributed by atoms with Gasteiger partial charge in [0.1, 0.15) is 5.75 Å². The third-order valence-electron chi connectivity index (χ3n) is 4.23. The van der Waals surface area contributed by atoms with Crippen LogP contribution in [0.4, 0.5) is 5.69 Å². The van der Waals surface area contributed by atoms with Crippen molar-refractivity contribution in [2.75, 3.05) is 11.4 Å². The van der Waals surface area contributed by atoms with Gasteiger partial charge in [0.05, 0.1) is 24.2 Å². The molecule has 140 valence electrons. The first-order chi connectivity index (χ1) is 12.9. The summed E-state index contributed by atoms with van der Waals surface area (Å²) in [5.74, 6) is 0.635. The van der Waals surface area contributed by atoms with E-state index in [0.717, 1.165) is 11.1 Å². The number of rotatable bonds is 6. The molecule has 0 aliphatic carbocycles. The highest BCUT2D eigenvalue weighted by Crippen LogP contribution is 2.29. The van der Waals surface area contributed by atoms with Gasteiger partial charge in [-0.05, 0) is 49.4 Å². The van der Waals surface area contributed by atoms with E-state index in [1.807, 2.05) is 31.2 Å². The normalized spacial score (nSPS) is 11.2. The van der Waals surface area contributed by atoms with E-state index >= 15 is 0 Å². The molecule has 0 saturated carbocycles. The van der Waals surface area contributed by atoms with Gasteiger partial charge in [-0.15, -0.1) is 0 Å². The monoisotopic (exact) mass is 401 g/mol. The molecule has 6 heteroatoms. The Morgan fingerprint density at radius 1 is 0.926 bits per heavy atom. The molecule has 27 heavy (non-hydrogen) atoms. The Morgan fingerprint density at radius 3 is 2.19 bits per heavy atom. The molecule has 4 nitrogen and oxygen atoms in total. The van der Waals surface area contributed by atoms with Crippen molar-refractivity contribution in [2.24, 2.45) is 0 Å². The number of para-hydroxylation sites is 1. The van der Waals surface area contributed by atoms with Gasteiger partial charge in [-0.25, -0.2) is 8.42 Å². The van der Waals surface area contributed by atoms with Crippen molar-refractivity contribution in [3.05, 3.63) is 88.9 Å². The molecule has 3 aromatic rings. The Hall–Kier alpha value is -2.50. The second-order valence-electron chi connectivity index (χ2n) is 6.11. The van der Waals surface area contributed by atoms with E-state index in [2.05, 4.69) is 0 Å². The highest BCUT2D eigenvalue weighted by molar-refractivity contribution is 7.92. The summed E-state index contributed by atoms with van der Waals surface area (Å²) in [5.41, 5.74) is 2.30. The van der Waals surface area contributed by atoms with Gasteiger partial charge in [0, 0.05) is 10.6 Å². The number of ether oxygens (including phenoxy) is 1. The first kappa shape index (κ1) is 19.3. The molecule has 0 amide bonds. The van der Waals surface area contributed by atoms with Crippen molar-refractivity contribution < 1.29 is 13.2 Å². The Morgan fingerprint density at radius 2 is 1.56 bits per heavy atom. The van der Waals surface area contributed by atoms with Gasteiger partial charge in [-0.3, -0.25) is 4.31 Å². The minimum absolute atomic E-state index is 0.141. The van der Waals surface area contributed by atoms with Gasteiger partial charge >= 0.3 is 0 Å². The second kappa shape index (κ2) is 8.03. The third kappa shape index (κ3) is 4.26. The fraction of sp³-hybridized carbons (Fsp3) is 0.143. The molecule has 0 spiro atoms. The maximum absolute atomic E-state index is 13.4. The topological polar surface area (TPSA) is 46.6 Å². The molecule has 3 aromatic carbocycles. The highest BCUT2D eigenvalue weighted by Gasteiger charge is 2.26. The van der Waals surface area contributed by atoms with E-state index < -0.39 is 10.0 Å². The first-order valence-corrected chi connectivity index (χ1v) is 10.2. The first-order valence-electron chi connectivity index (χ1n) is 8.38. The SMILES string of the molecule is COc1ccccc1CN(c1ccc(Cl)cc1)S(=O)(=O)c1ccc(C)cc1. The molecular weight excluding hydrogens is 382 g/mol. The molecule has 0 fully saturated rings. The van der Waals surface area contributed by atoms with Crippen molar-refractivity contribution in [1.29, 1.82) is 0 Å². The van der Waals surface area contributed by atoms with Crippen LogP contribution >= 0.6 is 11.6 Å². The van der Waals surface area contributed by atoms with Crippen molar-refractivity contribution in [3.63, 3.8) is 0 Å². The van der Waals surface area contributed by atoms with Crippen molar-refractivity contribution in [3.8, 4) is 5.75 Å². The smallest absolute Gasteiger partial charge is 0.264 e. The summed E-state index contributed by atoms with van der Waals surface area (Å²) in [6.07, 6.45) is 0. The fourth-order valence-electron chi connectivity index (χ4n) is 2.75. The van der Waals surface area contributed by atoms with E-state index in [4.69, 9.17) is 16.3 Å². The summed E-state index contributed by atoms with van der Waals surface area (Å²) in [6.45, 7) is 2.06. The number of sulfonamides is 1. The number of aryl methyl sites for hydroxylation is 1. The Labute approximate surface area is 165 Å². The van der Waals surface area contributed by atoms with Crippen LogP contribution in [-0.4, -0.2) is 15.5 Å². The molecule has 3 rings (SSSR count). The molecule has 0 bridgehead atoms. The lowest BCUT2D eigenvalue weighted by molar-refractivity contribution is 0.410. The van der Waals surface area contributed by atoms with E-state index in [0.29, 0.717) is 16.5 Å². The van der Waals surface area contributed by atoms with E-state index in [-0.39, 0.29) is 11.4 Å². The summed E-state index contributed by atoms with van der Waals surface area (Å²) in [6, 6.07) is 20.9. The van der Waals surface area contributed by atoms with Crippen LogP contribution < -0.4 is 9.04 Å². The number of hydrogen-bond donors (Lipinski definition) is 0. The zero-order valence-corrected chi connectivity index (χ0v) is 16.7. The summed E-state index contributed by atoms with van der Waals surface area (Å²) < 4.78 is 33.5. The largest absolute Gasteiger partial charge is 0.496 e. The lowest BCUT2D eigenvalue weighted by Crippen LogP contribution is -2.30. The van der Waals surface area contributed by atoms with Crippen LogP contribution in [0.3, 0.4) is 0 Å². The van der Waals surface area contributed by atoms with Crippen molar-refractivity contribution in [1.82, 2.24) is 0 Å². The van der Waals surface area contributed by atoms with Crippen LogP contribution in [0.1, 0.15) is 11.1 Å². The van der Waals surface area contributed by atoms with Crippen LogP contribution in [0, 0.1) is 6.92 Å². The quantitative estimate of drug-likeness (QED) is 0.580. The Balaban J connectivity index is 2.09. The van der Waals surface area contributed by atoms with Crippen LogP contribution in [0.5, 0.6) is 5.75 Å². The van der Waals surface area contributed by atoms with Gasteiger partial charge < -0.3 is 4.74 Å². The van der Waals surface area contributed by atoms with Gasteiger partial charge in [0.25, 0.3) is 10.0 Å². The molecule has 0 N–H and O–H groups in total. The number of nitrogens with zero attached hydrogens (tertiary/aromatic N) is 1. The van der Waals surface area contributed by atoms with E-state index in [9.17, 15) is 8.42 Å². The van der Waals surface area contributed by atoms with Crippen LogP contribution in [0.2, 0.25) is 5.02 Å². The summed E-state index contributed by atoms with van der Waals surface area (Å²) in [5, 5.41) is 0.545. The highest BCUT2D eigenvalue weighted by atomic mass is 35.5. The minimum Gasteiger partial charge on any atom is -0.496 e. The molecule has 0 unspecified atom stereocenters. The fourth-order valence-corrected chi connectivity index (χ4v) is 4.32. The molecular formula is C21H20ClNO3S. The van der Waals surface area contributed by atoms with Gasteiger partial charge in [0.2, 0.25) is 0 Å². The van der Waals surface area contributed by atoms with E-state index in [1.165, 1.54) is 4.31 Å². The lowest BCUT2D eigenvalue weighted by atomic mass is 10.2. The zero-order valence-electron chi connectivity index (χ0n) is 15.1. The van der Waals surface area contributed by atoms with Gasteiger partial charge in [0.15, 0.2) is 0 Å². The average molecular weight is 402 g/mol. The number of methoxy groups -OCH3 is 1. The molecule has 0 heterocycles. The van der Waals surface area contributed by atoms with E-state index in [1.54, 1.807) is 55.6 Å². The van der Waals surface area contributed by atoms with Crippen molar-refractivity contribution >= 4 is 27.3 Å². The maximum Gasteiger partial charge on any atom is 0.264 e. The summed E-state index contributed by atoms with van der Waals surface area (Å²) in [7, 11) is -2.20. The molecule has 0 saturated heterocycles. The van der Waals surface area contributed by atoms with Gasteiger partial charge in [-0.1, -0.05) is 47.5 Å². The number of halogens is 1. The molecule has 0 aromatic heterocycles. The maximum atomic E-state index is 13.4. The second-order valence-corrected chi connectivity index (χ2v) is 8.41. The van der Waals surface area contributed by atoms with Crippen LogP contribution in [0.15, 0.2) is 77.7 Å². The molecule has 0 radical (unpaired) electrons. The standard InChI is InChI=1S/C21H20ClNO3S/c1-16-7-13-20(14-8-16)27(24,25)23(19-11-9-18(22)10-12-19)15-17-5-3-4-6-21(17)26-2/h3-14H,15H2,1-2H3. The molecule has 0 aliphatic heterocycles. The average Bonchev–Trinajstić information content (AvgIpc) is 2.67. The minimum atomic E-state index is -3.77. The lowest BCUT2D eigenvalue weighted by Gasteiger charge is -2.25. The molecule has 0 atom stereocenters. The van der Waals surface area contributed by atoms with Crippen molar-refractivity contribution in [2.45, 2.75) is 18.4 Å². The van der Waals surface area contributed by atoms with Gasteiger partial charge in [-0.2, -0.15) is 0 Å². The summed E-state index contributed by atoms with van der Waals surface area (Å²) in [4.78, 5) is 0.234. The predicted octanol–water partition coefficient (Wildman–Crippen LogP) is 5.05. The number of benzene rings is 3. The van der Waals surface area contributed by atoms with Crippen LogP contribution in [-0.2, 0) is 16.6 Å². The Bertz CT molecular complexity index is 1020. The summed E-state index contributed by atoms with van der Waals surface area (Å²) >= 11 is 5.98. The predicted molar refractivity (Wildman–Crippen MR) is 109 cm³/mol. The zero-order chi connectivity index (χ0) is 19.4. The molecule has 0 aliphatic rings.